The molecule has 254 valence electrons. The summed E-state index contributed by atoms with van der Waals surface area (Å²) in [5.74, 6) is 0.445. The van der Waals surface area contributed by atoms with Gasteiger partial charge in [0.05, 0.1) is 29.5 Å². The molecule has 0 saturated carbocycles. The van der Waals surface area contributed by atoms with Crippen LogP contribution in [0.1, 0.15) is 71.3 Å². The Balaban J connectivity index is 1.25. The third-order valence-electron chi connectivity index (χ3n) is 8.43. The second-order valence-electron chi connectivity index (χ2n) is 12.4. The van der Waals surface area contributed by atoms with Gasteiger partial charge in [0.2, 0.25) is 0 Å². The number of para-hydroxylation sites is 1. The second-order valence-corrected chi connectivity index (χ2v) is 14.0. The molecule has 0 unspecified atom stereocenters. The normalized spacial score (nSPS) is 18.2. The van der Waals surface area contributed by atoms with Crippen LogP contribution in [-0.2, 0) is 41.3 Å². The molecule has 1 aromatic carbocycles. The molecule has 2 aromatic rings. The van der Waals surface area contributed by atoms with Crippen LogP contribution in [0.4, 0.5) is 11.5 Å². The highest BCUT2D eigenvalue weighted by atomic mass is 32.2. The zero-order valence-corrected chi connectivity index (χ0v) is 28.2. The summed E-state index contributed by atoms with van der Waals surface area (Å²) >= 11 is 0. The van der Waals surface area contributed by atoms with Crippen LogP contribution in [0.15, 0.2) is 82.8 Å². The number of unbranched alkanes of at least 4 members (excludes halogenated alkanes) is 2. The van der Waals surface area contributed by atoms with Crippen molar-refractivity contribution in [3.05, 3.63) is 78.3 Å². The lowest BCUT2D eigenvalue weighted by molar-refractivity contribution is -0.684. The third-order valence-corrected chi connectivity index (χ3v) is 9.23. The number of pyridine rings is 1. The maximum Gasteiger partial charge on any atom is 0.333 e. The van der Waals surface area contributed by atoms with Crippen molar-refractivity contribution >= 4 is 51.0 Å². The van der Waals surface area contributed by atoms with Crippen LogP contribution < -0.4 is 9.47 Å². The van der Waals surface area contributed by atoms with Gasteiger partial charge in [0.1, 0.15) is 11.7 Å². The largest absolute Gasteiger partial charge is 0.333 e. The Bertz CT molecular complexity index is 1780. The number of anilines is 1. The number of carbonyl (C=O) groups excluding carboxylic acids is 3. The summed E-state index contributed by atoms with van der Waals surface area (Å²) < 4.78 is 34.0. The number of nitrogens with zero attached hydrogens (tertiary/aromatic N) is 6. The van der Waals surface area contributed by atoms with Gasteiger partial charge in [-0.05, 0) is 87.9 Å². The summed E-state index contributed by atoms with van der Waals surface area (Å²) in [4.78, 5) is 47.4. The molecule has 1 aromatic heterocycles. The number of carbonyl (C=O) groups is 3. The Kier molecular flexibility index (Phi) is 10.5. The molecule has 2 amide bonds. The SMILES string of the molecule is CC1=NN(CCCS(=O)(=O)O)/C(=C/C=C/C2=Nc3c(ccc[n+]3CCCCCC(=O)ON3C(=O)CCC3=O)C2(C)C)N1c1ccccc1. The van der Waals surface area contributed by atoms with Gasteiger partial charge in [-0.1, -0.05) is 24.3 Å². The van der Waals surface area contributed by atoms with Crippen molar-refractivity contribution in [3.8, 4) is 0 Å². The summed E-state index contributed by atoms with van der Waals surface area (Å²) in [6.45, 7) is 7.14. The number of imide groups is 1. The number of fused-ring (bicyclic) bond motifs is 1. The monoisotopic (exact) mass is 677 g/mol. The fourth-order valence-electron chi connectivity index (χ4n) is 5.90. The van der Waals surface area contributed by atoms with Crippen LogP contribution in [0.25, 0.3) is 0 Å². The molecule has 3 aliphatic rings. The molecule has 4 heterocycles. The minimum atomic E-state index is -4.08. The van der Waals surface area contributed by atoms with Gasteiger partial charge in [-0.3, -0.25) is 19.0 Å². The van der Waals surface area contributed by atoms with Crippen LogP contribution in [-0.4, -0.2) is 64.7 Å². The number of hydrogen-bond donors (Lipinski definition) is 1. The zero-order valence-electron chi connectivity index (χ0n) is 27.4. The first-order valence-electron chi connectivity index (χ1n) is 16.1. The van der Waals surface area contributed by atoms with Crippen molar-refractivity contribution in [2.45, 2.75) is 77.7 Å². The molecule has 1 N–H and O–H groups in total. The van der Waals surface area contributed by atoms with Gasteiger partial charge in [0.15, 0.2) is 5.71 Å². The van der Waals surface area contributed by atoms with E-state index in [0.29, 0.717) is 24.6 Å². The molecule has 0 bridgehead atoms. The van der Waals surface area contributed by atoms with Crippen molar-refractivity contribution < 1.29 is 36.8 Å². The maximum atomic E-state index is 12.1. The number of amides is 2. The van der Waals surface area contributed by atoms with Crippen LogP contribution in [0.2, 0.25) is 0 Å². The molecule has 48 heavy (non-hydrogen) atoms. The van der Waals surface area contributed by atoms with E-state index in [0.717, 1.165) is 47.3 Å². The average Bonchev–Trinajstić information content (AvgIpc) is 3.62. The first-order chi connectivity index (χ1) is 22.8. The number of allylic oxidation sites excluding steroid dienone is 3. The molecule has 5 rings (SSSR count). The van der Waals surface area contributed by atoms with Gasteiger partial charge >= 0.3 is 11.8 Å². The minimum absolute atomic E-state index is 0.0708. The van der Waals surface area contributed by atoms with E-state index in [9.17, 15) is 27.4 Å². The van der Waals surface area contributed by atoms with Crippen molar-refractivity contribution in [1.82, 2.24) is 10.1 Å². The van der Waals surface area contributed by atoms with E-state index in [1.807, 2.05) is 72.6 Å². The standard InChI is InChI=1S/C34H40N6O7S/c1-25-36-38(23-12-24-48(44,45)46)29(39(25)26-13-6-4-7-14-26)17-10-16-28-34(2,3)27-15-11-22-37(33(27)35-28)21-9-5-8-18-32(43)47-40-30(41)19-20-31(40)42/h4,6-7,10-11,13-17,22H,5,8-9,12,18-21,23-24H2,1-3H3/p+1. The van der Waals surface area contributed by atoms with Gasteiger partial charge in [-0.2, -0.15) is 13.5 Å². The lowest BCUT2D eigenvalue weighted by Crippen LogP contribution is -2.35. The van der Waals surface area contributed by atoms with E-state index < -0.39 is 27.9 Å². The fourth-order valence-corrected chi connectivity index (χ4v) is 6.40. The Morgan fingerprint density at radius 1 is 1.04 bits per heavy atom. The predicted molar refractivity (Wildman–Crippen MR) is 179 cm³/mol. The first kappa shape index (κ1) is 34.6. The number of aliphatic imine (C=N–C) groups is 1. The summed E-state index contributed by atoms with van der Waals surface area (Å²) in [6, 6.07) is 13.8. The number of benzene rings is 1. The Morgan fingerprint density at radius 3 is 2.48 bits per heavy atom. The molecule has 14 heteroatoms. The van der Waals surface area contributed by atoms with Gasteiger partial charge < -0.3 is 4.84 Å². The zero-order chi connectivity index (χ0) is 34.5. The van der Waals surface area contributed by atoms with E-state index in [-0.39, 0.29) is 36.9 Å². The van der Waals surface area contributed by atoms with Crippen LogP contribution in [0.5, 0.6) is 0 Å². The summed E-state index contributed by atoms with van der Waals surface area (Å²) in [6.07, 6.45) is 10.4. The lowest BCUT2D eigenvalue weighted by atomic mass is 9.82. The number of hydroxylamine groups is 2. The number of rotatable bonds is 14. The van der Waals surface area contributed by atoms with Crippen molar-refractivity contribution in [2.75, 3.05) is 17.2 Å². The van der Waals surface area contributed by atoms with Crippen LogP contribution in [0.3, 0.4) is 0 Å². The molecule has 0 spiro atoms. The summed E-state index contributed by atoms with van der Waals surface area (Å²) in [7, 11) is -4.08. The summed E-state index contributed by atoms with van der Waals surface area (Å²) in [5, 5.41) is 6.99. The Morgan fingerprint density at radius 2 is 1.77 bits per heavy atom. The number of hydrazone groups is 1. The van der Waals surface area contributed by atoms with Crippen molar-refractivity contribution in [3.63, 3.8) is 0 Å². The van der Waals surface area contributed by atoms with Crippen LogP contribution in [0, 0.1) is 0 Å². The van der Waals surface area contributed by atoms with Gasteiger partial charge in [0, 0.05) is 31.5 Å². The average molecular weight is 678 g/mol. The van der Waals surface area contributed by atoms with E-state index in [1.54, 1.807) is 5.01 Å². The number of aromatic nitrogens is 1. The molecule has 1 fully saturated rings. The van der Waals surface area contributed by atoms with Gasteiger partial charge in [-0.25, -0.2) is 14.4 Å². The van der Waals surface area contributed by atoms with E-state index in [4.69, 9.17) is 9.83 Å². The highest BCUT2D eigenvalue weighted by molar-refractivity contribution is 7.85. The van der Waals surface area contributed by atoms with Gasteiger partial charge in [-0.15, -0.1) is 5.06 Å². The number of amidine groups is 1. The van der Waals surface area contributed by atoms with Crippen LogP contribution >= 0.6 is 0 Å². The molecule has 0 atom stereocenters. The third kappa shape index (κ3) is 8.05. The molecular weight excluding hydrogens is 636 g/mol. The minimum Gasteiger partial charge on any atom is -0.330 e. The predicted octanol–water partition coefficient (Wildman–Crippen LogP) is 4.34. The summed E-state index contributed by atoms with van der Waals surface area (Å²) in [5.41, 5.74) is 2.52. The highest BCUT2D eigenvalue weighted by Crippen LogP contribution is 2.38. The van der Waals surface area contributed by atoms with E-state index in [1.165, 1.54) is 0 Å². The van der Waals surface area contributed by atoms with E-state index in [2.05, 4.69) is 29.6 Å². The highest BCUT2D eigenvalue weighted by Gasteiger charge is 2.42. The Hall–Kier alpha value is -4.69. The molecule has 3 aliphatic heterocycles. The van der Waals surface area contributed by atoms with Gasteiger partial charge in [0.25, 0.3) is 21.9 Å². The fraction of sp³-hybridized carbons (Fsp3) is 0.412. The van der Waals surface area contributed by atoms with Crippen molar-refractivity contribution in [2.24, 2.45) is 10.1 Å². The number of hydrogen-bond acceptors (Lipinski definition) is 10. The quantitative estimate of drug-likeness (QED) is 0.133. The molecule has 1 saturated heterocycles. The number of aryl methyl sites for hydroxylation is 1. The molecule has 13 nitrogen and oxygen atoms in total. The molecular formula is C34H41N6O7S+. The van der Waals surface area contributed by atoms with Crippen molar-refractivity contribution in [1.29, 1.82) is 0 Å². The first-order valence-corrected chi connectivity index (χ1v) is 17.7. The maximum absolute atomic E-state index is 12.1. The molecule has 0 radical (unpaired) electrons. The van der Waals surface area contributed by atoms with E-state index >= 15 is 0 Å². The molecule has 0 aliphatic carbocycles. The topological polar surface area (TPSA) is 153 Å². The smallest absolute Gasteiger partial charge is 0.330 e. The lowest BCUT2D eigenvalue weighted by Gasteiger charge is -2.24. The second kappa shape index (κ2) is 14.6. The Labute approximate surface area is 280 Å².